The quantitative estimate of drug-likeness (QED) is 0.696. The van der Waals surface area contributed by atoms with Crippen molar-refractivity contribution in [2.45, 2.75) is 6.54 Å². The minimum absolute atomic E-state index is 0.0825. The van der Waals surface area contributed by atoms with Crippen LogP contribution in [0.4, 0.5) is 0 Å². The number of rotatable bonds is 4. The molecule has 2 aromatic rings. The molecule has 0 fully saturated rings. The average molecular weight is 312 g/mol. The molecule has 1 aromatic heterocycles. The zero-order valence-corrected chi connectivity index (χ0v) is 12.4. The van der Waals surface area contributed by atoms with Gasteiger partial charge in [-0.1, -0.05) is 6.07 Å². The second kappa shape index (κ2) is 6.33. The van der Waals surface area contributed by atoms with Gasteiger partial charge in [0.05, 0.1) is 0 Å². The van der Waals surface area contributed by atoms with Crippen molar-refractivity contribution in [2.24, 2.45) is 0 Å². The Hall–Kier alpha value is -2.78. The fourth-order valence-electron chi connectivity index (χ4n) is 2.00. The largest absolute Gasteiger partial charge is 0.454 e. The number of fused-ring (bicyclic) bond motifs is 1. The molecule has 0 saturated carbocycles. The summed E-state index contributed by atoms with van der Waals surface area (Å²) in [5, 5.41) is 15.6. The summed E-state index contributed by atoms with van der Waals surface area (Å²) in [4.78, 5) is 12.1. The predicted molar refractivity (Wildman–Crippen MR) is 82.3 cm³/mol. The normalized spacial score (nSPS) is 12.8. The summed E-state index contributed by atoms with van der Waals surface area (Å²) < 4.78 is 10.5. The lowest BCUT2D eigenvalue weighted by Gasteiger charge is -2.05. The lowest BCUT2D eigenvalue weighted by Crippen LogP contribution is -2.23. The van der Waals surface area contributed by atoms with E-state index in [4.69, 9.17) is 14.7 Å². The van der Waals surface area contributed by atoms with Gasteiger partial charge in [-0.25, -0.2) is 0 Å². The van der Waals surface area contributed by atoms with Gasteiger partial charge in [0.1, 0.15) is 11.6 Å². The molecule has 0 saturated heterocycles. The lowest BCUT2D eigenvalue weighted by atomic mass is 10.1. The molecule has 2 heterocycles. The third-order valence-corrected chi connectivity index (χ3v) is 3.81. The van der Waals surface area contributed by atoms with Gasteiger partial charge in [0.15, 0.2) is 11.5 Å². The zero-order valence-electron chi connectivity index (χ0n) is 11.5. The van der Waals surface area contributed by atoms with Crippen LogP contribution >= 0.6 is 11.3 Å². The van der Waals surface area contributed by atoms with Crippen LogP contribution in [0.5, 0.6) is 11.5 Å². The topological polar surface area (TPSA) is 71.4 Å². The Morgan fingerprint density at radius 1 is 1.36 bits per heavy atom. The van der Waals surface area contributed by atoms with Gasteiger partial charge in [-0.3, -0.25) is 4.79 Å². The summed E-state index contributed by atoms with van der Waals surface area (Å²) in [7, 11) is 0. The minimum atomic E-state index is -0.397. The highest BCUT2D eigenvalue weighted by molar-refractivity contribution is 7.08. The van der Waals surface area contributed by atoms with E-state index in [0.717, 1.165) is 11.1 Å². The molecular weight excluding hydrogens is 300 g/mol. The summed E-state index contributed by atoms with van der Waals surface area (Å²) in [6.45, 7) is 0.533. The first kappa shape index (κ1) is 14.2. The van der Waals surface area contributed by atoms with Gasteiger partial charge in [-0.2, -0.15) is 16.6 Å². The molecule has 1 amide bonds. The fourth-order valence-corrected chi connectivity index (χ4v) is 2.62. The standard InChI is InChI=1S/C16H12N2O3S/c17-7-13(5-12-3-4-22-9-12)16(19)18-8-11-1-2-14-15(6-11)21-10-20-14/h1-6,9H,8,10H2,(H,18,19). The molecule has 0 atom stereocenters. The Balaban J connectivity index is 1.65. The number of hydrogen-bond acceptors (Lipinski definition) is 5. The molecule has 0 unspecified atom stereocenters. The maximum Gasteiger partial charge on any atom is 0.262 e. The van der Waals surface area contributed by atoms with Gasteiger partial charge in [-0.05, 0) is 46.2 Å². The highest BCUT2D eigenvalue weighted by Crippen LogP contribution is 2.32. The van der Waals surface area contributed by atoms with Crippen molar-refractivity contribution >= 4 is 23.3 Å². The van der Waals surface area contributed by atoms with Crippen molar-refractivity contribution in [3.63, 3.8) is 0 Å². The molecular formula is C16H12N2O3S. The van der Waals surface area contributed by atoms with Crippen LogP contribution < -0.4 is 14.8 Å². The maximum atomic E-state index is 12.1. The van der Waals surface area contributed by atoms with E-state index in [-0.39, 0.29) is 12.4 Å². The van der Waals surface area contributed by atoms with Crippen LogP contribution in [0.1, 0.15) is 11.1 Å². The molecule has 0 spiro atoms. The van der Waals surface area contributed by atoms with Gasteiger partial charge >= 0.3 is 0 Å². The first-order valence-electron chi connectivity index (χ1n) is 6.57. The highest BCUT2D eigenvalue weighted by Gasteiger charge is 2.14. The van der Waals surface area contributed by atoms with E-state index in [1.165, 1.54) is 11.3 Å². The number of nitrogens with one attached hydrogen (secondary N) is 1. The molecule has 110 valence electrons. The Bertz CT molecular complexity index is 760. The fraction of sp³-hybridized carbons (Fsp3) is 0.125. The summed E-state index contributed by atoms with van der Waals surface area (Å²) in [6, 6.07) is 9.25. The van der Waals surface area contributed by atoms with Crippen molar-refractivity contribution in [2.75, 3.05) is 6.79 Å². The molecule has 3 rings (SSSR count). The number of nitriles is 1. The summed E-state index contributed by atoms with van der Waals surface area (Å²) >= 11 is 1.51. The molecule has 0 radical (unpaired) electrons. The Kier molecular flexibility index (Phi) is 4.08. The number of nitrogens with zero attached hydrogens (tertiary/aromatic N) is 1. The van der Waals surface area contributed by atoms with E-state index in [2.05, 4.69) is 5.32 Å². The van der Waals surface area contributed by atoms with Crippen LogP contribution in [-0.2, 0) is 11.3 Å². The van der Waals surface area contributed by atoms with Gasteiger partial charge in [0, 0.05) is 6.54 Å². The third-order valence-electron chi connectivity index (χ3n) is 3.11. The van der Waals surface area contributed by atoms with Crippen molar-refractivity contribution in [3.8, 4) is 17.6 Å². The number of benzene rings is 1. The molecule has 0 aliphatic carbocycles. The molecule has 6 heteroatoms. The SMILES string of the molecule is N#CC(=Cc1ccsc1)C(=O)NCc1ccc2c(c1)OCO2. The molecule has 1 aliphatic rings. The second-order valence-corrected chi connectivity index (χ2v) is 5.38. The summed E-state index contributed by atoms with van der Waals surface area (Å²) in [5.41, 5.74) is 1.81. The van der Waals surface area contributed by atoms with Crippen molar-refractivity contribution < 1.29 is 14.3 Å². The Labute approximate surface area is 131 Å². The van der Waals surface area contributed by atoms with Crippen LogP contribution in [0.3, 0.4) is 0 Å². The van der Waals surface area contributed by atoms with Crippen LogP contribution in [0, 0.1) is 11.3 Å². The molecule has 22 heavy (non-hydrogen) atoms. The predicted octanol–water partition coefficient (Wildman–Crippen LogP) is 2.70. The zero-order chi connectivity index (χ0) is 15.4. The number of hydrogen-bond donors (Lipinski definition) is 1. The van der Waals surface area contributed by atoms with E-state index < -0.39 is 5.91 Å². The molecule has 1 aromatic carbocycles. The Morgan fingerprint density at radius 3 is 3.00 bits per heavy atom. The second-order valence-electron chi connectivity index (χ2n) is 4.60. The van der Waals surface area contributed by atoms with Gasteiger partial charge < -0.3 is 14.8 Å². The Morgan fingerprint density at radius 2 is 2.23 bits per heavy atom. The summed E-state index contributed by atoms with van der Waals surface area (Å²) in [6.07, 6.45) is 1.57. The number of thiophene rings is 1. The number of amides is 1. The van der Waals surface area contributed by atoms with Crippen molar-refractivity contribution in [1.82, 2.24) is 5.32 Å². The molecule has 5 nitrogen and oxygen atoms in total. The van der Waals surface area contributed by atoms with E-state index in [1.54, 1.807) is 12.1 Å². The van der Waals surface area contributed by atoms with Crippen molar-refractivity contribution in [1.29, 1.82) is 5.26 Å². The number of carbonyl (C=O) groups excluding carboxylic acids is 1. The minimum Gasteiger partial charge on any atom is -0.454 e. The van der Waals surface area contributed by atoms with E-state index in [1.807, 2.05) is 35.0 Å². The smallest absolute Gasteiger partial charge is 0.262 e. The molecule has 1 aliphatic heterocycles. The van der Waals surface area contributed by atoms with Crippen LogP contribution in [0.25, 0.3) is 6.08 Å². The van der Waals surface area contributed by atoms with Crippen LogP contribution in [0.2, 0.25) is 0 Å². The number of ether oxygens (including phenoxy) is 2. The molecule has 1 N–H and O–H groups in total. The first-order chi connectivity index (χ1) is 10.8. The van der Waals surface area contributed by atoms with Gasteiger partial charge in [-0.15, -0.1) is 0 Å². The first-order valence-corrected chi connectivity index (χ1v) is 7.51. The average Bonchev–Trinajstić information content (AvgIpc) is 3.20. The summed E-state index contributed by atoms with van der Waals surface area (Å²) in [5.74, 6) is 0.970. The van der Waals surface area contributed by atoms with E-state index >= 15 is 0 Å². The van der Waals surface area contributed by atoms with Gasteiger partial charge in [0.25, 0.3) is 5.91 Å². The van der Waals surface area contributed by atoms with Gasteiger partial charge in [0.2, 0.25) is 6.79 Å². The van der Waals surface area contributed by atoms with Crippen molar-refractivity contribution in [3.05, 3.63) is 51.7 Å². The number of carbonyl (C=O) groups is 1. The monoisotopic (exact) mass is 312 g/mol. The van der Waals surface area contributed by atoms with Crippen LogP contribution in [0.15, 0.2) is 40.6 Å². The third kappa shape index (κ3) is 3.10. The highest BCUT2D eigenvalue weighted by atomic mass is 32.1. The van der Waals surface area contributed by atoms with E-state index in [0.29, 0.717) is 18.0 Å². The lowest BCUT2D eigenvalue weighted by molar-refractivity contribution is -0.117. The molecule has 0 bridgehead atoms. The van der Waals surface area contributed by atoms with Crippen LogP contribution in [-0.4, -0.2) is 12.7 Å². The maximum absolute atomic E-state index is 12.1. The van der Waals surface area contributed by atoms with E-state index in [9.17, 15) is 4.79 Å².